The Morgan fingerprint density at radius 2 is 2.24 bits per heavy atom. The summed E-state index contributed by atoms with van der Waals surface area (Å²) in [7, 11) is 1.77. The van der Waals surface area contributed by atoms with E-state index in [0.29, 0.717) is 5.92 Å². The number of hydrogen-bond acceptors (Lipinski definition) is 3. The SMILES string of the molecule is COC1c2cc(C)ccc2OC2OCCCC21. The molecule has 3 rings (SSSR count). The maximum atomic E-state index is 5.92. The molecule has 2 heterocycles. The van der Waals surface area contributed by atoms with Gasteiger partial charge in [0, 0.05) is 12.7 Å². The minimum absolute atomic E-state index is 0.101. The topological polar surface area (TPSA) is 27.7 Å². The van der Waals surface area contributed by atoms with Crippen LogP contribution in [0.25, 0.3) is 0 Å². The van der Waals surface area contributed by atoms with Crippen molar-refractivity contribution in [2.75, 3.05) is 13.7 Å². The third-order valence-electron chi connectivity index (χ3n) is 3.67. The summed E-state index contributed by atoms with van der Waals surface area (Å²) in [5.41, 5.74) is 2.41. The molecule has 0 aromatic heterocycles. The quantitative estimate of drug-likeness (QED) is 0.747. The van der Waals surface area contributed by atoms with Gasteiger partial charge in [0.05, 0.1) is 18.6 Å². The third-order valence-corrected chi connectivity index (χ3v) is 3.67. The van der Waals surface area contributed by atoms with Crippen LogP contribution in [-0.4, -0.2) is 20.0 Å². The van der Waals surface area contributed by atoms with E-state index in [1.807, 2.05) is 6.07 Å². The molecule has 3 unspecified atom stereocenters. The van der Waals surface area contributed by atoms with E-state index in [1.54, 1.807) is 7.11 Å². The highest BCUT2D eigenvalue weighted by Crippen LogP contribution is 2.44. The van der Waals surface area contributed by atoms with Crippen molar-refractivity contribution in [1.82, 2.24) is 0 Å². The molecule has 0 aliphatic carbocycles. The van der Waals surface area contributed by atoms with Gasteiger partial charge in [0.1, 0.15) is 5.75 Å². The number of fused-ring (bicyclic) bond motifs is 2. The van der Waals surface area contributed by atoms with Crippen molar-refractivity contribution in [2.24, 2.45) is 5.92 Å². The highest BCUT2D eigenvalue weighted by Gasteiger charge is 2.40. The predicted molar refractivity (Wildman–Crippen MR) is 64.0 cm³/mol. The van der Waals surface area contributed by atoms with Crippen LogP contribution in [0.1, 0.15) is 30.1 Å². The second-order valence-electron chi connectivity index (χ2n) is 4.86. The Morgan fingerprint density at radius 3 is 3.06 bits per heavy atom. The van der Waals surface area contributed by atoms with Crippen LogP contribution in [0.4, 0.5) is 0 Å². The Balaban J connectivity index is 2.01. The van der Waals surface area contributed by atoms with Crippen molar-refractivity contribution in [1.29, 1.82) is 0 Å². The second kappa shape index (κ2) is 4.31. The molecule has 1 saturated heterocycles. The van der Waals surface area contributed by atoms with Gasteiger partial charge in [-0.15, -0.1) is 0 Å². The molecule has 17 heavy (non-hydrogen) atoms. The summed E-state index contributed by atoms with van der Waals surface area (Å²) in [5.74, 6) is 1.23. The van der Waals surface area contributed by atoms with Gasteiger partial charge in [-0.2, -0.15) is 0 Å². The van der Waals surface area contributed by atoms with Crippen LogP contribution < -0.4 is 4.74 Å². The molecule has 0 amide bonds. The van der Waals surface area contributed by atoms with Crippen molar-refractivity contribution in [3.8, 4) is 5.75 Å². The van der Waals surface area contributed by atoms with Crippen LogP contribution in [0.15, 0.2) is 18.2 Å². The van der Waals surface area contributed by atoms with Crippen LogP contribution in [0, 0.1) is 12.8 Å². The zero-order valence-corrected chi connectivity index (χ0v) is 10.3. The van der Waals surface area contributed by atoms with E-state index in [9.17, 15) is 0 Å². The zero-order chi connectivity index (χ0) is 11.8. The summed E-state index contributed by atoms with van der Waals surface area (Å²) in [4.78, 5) is 0. The van der Waals surface area contributed by atoms with Crippen LogP contribution in [-0.2, 0) is 9.47 Å². The van der Waals surface area contributed by atoms with Gasteiger partial charge in [-0.05, 0) is 31.9 Å². The van der Waals surface area contributed by atoms with Crippen molar-refractivity contribution in [3.05, 3.63) is 29.3 Å². The predicted octanol–water partition coefficient (Wildman–Crippen LogP) is 2.83. The van der Waals surface area contributed by atoms with E-state index in [-0.39, 0.29) is 12.4 Å². The lowest BCUT2D eigenvalue weighted by Gasteiger charge is -2.41. The van der Waals surface area contributed by atoms with E-state index in [4.69, 9.17) is 14.2 Å². The Bertz CT molecular complexity index is 416. The molecule has 0 radical (unpaired) electrons. The minimum atomic E-state index is -0.135. The van der Waals surface area contributed by atoms with Gasteiger partial charge in [-0.1, -0.05) is 11.6 Å². The Labute approximate surface area is 102 Å². The summed E-state index contributed by atoms with van der Waals surface area (Å²) >= 11 is 0. The van der Waals surface area contributed by atoms with E-state index in [2.05, 4.69) is 19.1 Å². The van der Waals surface area contributed by atoms with Gasteiger partial charge in [0.15, 0.2) is 0 Å². The normalized spacial score (nSPS) is 31.3. The number of aryl methyl sites for hydroxylation is 1. The second-order valence-corrected chi connectivity index (χ2v) is 4.86. The van der Waals surface area contributed by atoms with Gasteiger partial charge in [-0.3, -0.25) is 0 Å². The molecule has 0 bridgehead atoms. The minimum Gasteiger partial charge on any atom is -0.464 e. The fourth-order valence-electron chi connectivity index (χ4n) is 2.85. The summed E-state index contributed by atoms with van der Waals surface area (Å²) in [6, 6.07) is 6.24. The van der Waals surface area contributed by atoms with Gasteiger partial charge in [-0.25, -0.2) is 0 Å². The molecule has 0 saturated carbocycles. The third kappa shape index (κ3) is 1.83. The monoisotopic (exact) mass is 234 g/mol. The standard InChI is InChI=1S/C14H18O3/c1-9-5-6-12-11(8-9)13(15-2)10-4-3-7-16-14(10)17-12/h5-6,8,10,13-14H,3-4,7H2,1-2H3. The van der Waals surface area contributed by atoms with Crippen molar-refractivity contribution >= 4 is 0 Å². The van der Waals surface area contributed by atoms with Crippen molar-refractivity contribution in [3.63, 3.8) is 0 Å². The molecule has 3 heteroatoms. The lowest BCUT2D eigenvalue weighted by Crippen LogP contribution is -2.41. The van der Waals surface area contributed by atoms with E-state index in [1.165, 1.54) is 11.1 Å². The van der Waals surface area contributed by atoms with E-state index in [0.717, 1.165) is 25.2 Å². The van der Waals surface area contributed by atoms with E-state index < -0.39 is 0 Å². The van der Waals surface area contributed by atoms with Gasteiger partial charge in [0.2, 0.25) is 6.29 Å². The molecule has 0 N–H and O–H groups in total. The fourth-order valence-corrected chi connectivity index (χ4v) is 2.85. The van der Waals surface area contributed by atoms with Crippen molar-refractivity contribution in [2.45, 2.75) is 32.2 Å². The average molecular weight is 234 g/mol. The van der Waals surface area contributed by atoms with Gasteiger partial charge < -0.3 is 14.2 Å². The summed E-state index contributed by atoms with van der Waals surface area (Å²) < 4.78 is 17.3. The first-order valence-corrected chi connectivity index (χ1v) is 6.21. The summed E-state index contributed by atoms with van der Waals surface area (Å²) in [5, 5.41) is 0. The lowest BCUT2D eigenvalue weighted by atomic mass is 9.86. The highest BCUT2D eigenvalue weighted by atomic mass is 16.7. The largest absolute Gasteiger partial charge is 0.464 e. The molecule has 1 aromatic rings. The van der Waals surface area contributed by atoms with Crippen molar-refractivity contribution < 1.29 is 14.2 Å². The molecular formula is C14H18O3. The maximum Gasteiger partial charge on any atom is 0.205 e. The molecule has 92 valence electrons. The Morgan fingerprint density at radius 1 is 1.35 bits per heavy atom. The number of ether oxygens (including phenoxy) is 3. The summed E-state index contributed by atoms with van der Waals surface area (Å²) in [6.07, 6.45) is 2.16. The molecule has 1 fully saturated rings. The molecule has 1 aromatic carbocycles. The number of rotatable bonds is 1. The first kappa shape index (κ1) is 11.1. The molecular weight excluding hydrogens is 216 g/mol. The highest BCUT2D eigenvalue weighted by molar-refractivity contribution is 5.40. The molecule has 0 spiro atoms. The first-order chi connectivity index (χ1) is 8.29. The maximum absolute atomic E-state index is 5.92. The number of methoxy groups -OCH3 is 1. The Kier molecular flexibility index (Phi) is 2.81. The van der Waals surface area contributed by atoms with Crippen LogP contribution >= 0.6 is 0 Å². The summed E-state index contributed by atoms with van der Waals surface area (Å²) in [6.45, 7) is 2.88. The first-order valence-electron chi connectivity index (χ1n) is 6.21. The lowest BCUT2D eigenvalue weighted by molar-refractivity contribution is -0.185. The molecule has 3 atom stereocenters. The Hall–Kier alpha value is -1.06. The molecule has 2 aliphatic rings. The number of benzene rings is 1. The van der Waals surface area contributed by atoms with Gasteiger partial charge >= 0.3 is 0 Å². The van der Waals surface area contributed by atoms with E-state index >= 15 is 0 Å². The number of hydrogen-bond donors (Lipinski definition) is 0. The molecule has 2 aliphatic heterocycles. The zero-order valence-electron chi connectivity index (χ0n) is 10.3. The fraction of sp³-hybridized carbons (Fsp3) is 0.571. The molecule has 3 nitrogen and oxygen atoms in total. The smallest absolute Gasteiger partial charge is 0.205 e. The van der Waals surface area contributed by atoms with Crippen LogP contribution in [0.2, 0.25) is 0 Å². The van der Waals surface area contributed by atoms with Gasteiger partial charge in [0.25, 0.3) is 0 Å². The average Bonchev–Trinajstić information content (AvgIpc) is 2.36. The van der Waals surface area contributed by atoms with Crippen LogP contribution in [0.5, 0.6) is 5.75 Å². The van der Waals surface area contributed by atoms with Crippen LogP contribution in [0.3, 0.4) is 0 Å².